The van der Waals surface area contributed by atoms with Crippen molar-refractivity contribution in [2.45, 2.75) is 85.9 Å². The smallest absolute Gasteiger partial charge is 0.0917 e. The van der Waals surface area contributed by atoms with Crippen LogP contribution in [0.2, 0.25) is 0 Å². The van der Waals surface area contributed by atoms with Crippen molar-refractivity contribution >= 4 is 0 Å². The summed E-state index contributed by atoms with van der Waals surface area (Å²) >= 11 is 0. The van der Waals surface area contributed by atoms with Crippen molar-refractivity contribution in [3.8, 4) is 0 Å². The minimum absolute atomic E-state index is 0.0286. The van der Waals surface area contributed by atoms with Gasteiger partial charge in [-0.3, -0.25) is 5.32 Å². The second kappa shape index (κ2) is 7.08. The molecule has 5 aliphatic rings. The monoisotopic (exact) mass is 374 g/mol. The molecule has 2 saturated heterocycles. The van der Waals surface area contributed by atoms with E-state index in [-0.39, 0.29) is 48.3 Å². The van der Waals surface area contributed by atoms with Crippen molar-refractivity contribution in [1.29, 1.82) is 0 Å². The van der Waals surface area contributed by atoms with Crippen molar-refractivity contribution in [1.82, 2.24) is 21.3 Å². The fourth-order valence-electron chi connectivity index (χ4n) is 5.28. The molecule has 0 saturated carbocycles. The van der Waals surface area contributed by atoms with Crippen LogP contribution in [0.1, 0.15) is 19.3 Å². The van der Waals surface area contributed by atoms with Gasteiger partial charge in [-0.05, 0) is 19.3 Å². The van der Waals surface area contributed by atoms with E-state index in [9.17, 15) is 15.3 Å². The SMILES string of the molecule is OC1C2C=CC(CC3C=CC(N3)C(O)C3CCC(N3)C(O)C3C=CC1N3)N2. The molecule has 11 unspecified atom stereocenters. The molecular weight excluding hydrogens is 344 g/mol. The molecule has 0 aromatic rings. The average Bonchev–Trinajstić information content (AvgIpc) is 3.46. The molecule has 2 fully saturated rings. The average molecular weight is 374 g/mol. The Bertz CT molecular complexity index is 653. The maximum atomic E-state index is 10.8. The number of fused-ring (bicyclic) bond motifs is 8. The largest absolute Gasteiger partial charge is 0.390 e. The third-order valence-electron chi connectivity index (χ3n) is 6.85. The van der Waals surface area contributed by atoms with Crippen molar-refractivity contribution in [3.05, 3.63) is 36.5 Å². The highest BCUT2D eigenvalue weighted by atomic mass is 16.3. The highest BCUT2D eigenvalue weighted by molar-refractivity contribution is 5.22. The lowest BCUT2D eigenvalue weighted by Gasteiger charge is -2.31. The molecule has 7 heteroatoms. The lowest BCUT2D eigenvalue weighted by Crippen LogP contribution is -2.56. The Balaban J connectivity index is 1.37. The Morgan fingerprint density at radius 3 is 1.56 bits per heavy atom. The van der Waals surface area contributed by atoms with E-state index in [0.717, 1.165) is 19.3 Å². The molecule has 148 valence electrons. The highest BCUT2D eigenvalue weighted by Gasteiger charge is 2.42. The van der Waals surface area contributed by atoms with E-state index >= 15 is 0 Å². The molecule has 5 rings (SSSR count). The van der Waals surface area contributed by atoms with Crippen LogP contribution in [0, 0.1) is 0 Å². The van der Waals surface area contributed by atoms with Gasteiger partial charge in [-0.15, -0.1) is 0 Å². The zero-order valence-corrected chi connectivity index (χ0v) is 15.3. The summed E-state index contributed by atoms with van der Waals surface area (Å²) in [6.45, 7) is 0. The molecule has 5 aliphatic heterocycles. The molecule has 7 nitrogen and oxygen atoms in total. The Morgan fingerprint density at radius 2 is 0.963 bits per heavy atom. The summed E-state index contributed by atoms with van der Waals surface area (Å²) in [5.74, 6) is 0. The van der Waals surface area contributed by atoms with Gasteiger partial charge in [-0.1, -0.05) is 36.5 Å². The van der Waals surface area contributed by atoms with E-state index in [0.29, 0.717) is 0 Å². The number of rotatable bonds is 0. The molecule has 0 amide bonds. The minimum atomic E-state index is -0.594. The highest BCUT2D eigenvalue weighted by Crippen LogP contribution is 2.26. The first kappa shape index (κ1) is 18.0. The molecule has 0 aromatic heterocycles. The van der Waals surface area contributed by atoms with E-state index in [1.807, 2.05) is 18.2 Å². The van der Waals surface area contributed by atoms with Crippen LogP contribution in [0.3, 0.4) is 0 Å². The molecule has 0 radical (unpaired) electrons. The van der Waals surface area contributed by atoms with E-state index in [1.165, 1.54) is 0 Å². The summed E-state index contributed by atoms with van der Waals surface area (Å²) < 4.78 is 0. The first-order valence-corrected chi connectivity index (χ1v) is 10.2. The fraction of sp³-hybridized carbons (Fsp3) is 0.700. The van der Waals surface area contributed by atoms with Crippen molar-refractivity contribution in [2.75, 3.05) is 0 Å². The van der Waals surface area contributed by atoms with Gasteiger partial charge in [-0.2, -0.15) is 0 Å². The van der Waals surface area contributed by atoms with E-state index in [1.54, 1.807) is 0 Å². The minimum Gasteiger partial charge on any atom is -0.390 e. The predicted molar refractivity (Wildman–Crippen MR) is 102 cm³/mol. The topological polar surface area (TPSA) is 109 Å². The van der Waals surface area contributed by atoms with Gasteiger partial charge >= 0.3 is 0 Å². The second-order valence-corrected chi connectivity index (χ2v) is 8.64. The van der Waals surface area contributed by atoms with E-state index < -0.39 is 18.3 Å². The van der Waals surface area contributed by atoms with Gasteiger partial charge in [0.05, 0.1) is 42.5 Å². The third-order valence-corrected chi connectivity index (χ3v) is 6.85. The predicted octanol–water partition coefficient (Wildman–Crippen LogP) is -1.72. The van der Waals surface area contributed by atoms with Crippen molar-refractivity contribution < 1.29 is 15.3 Å². The number of hydrogen-bond donors (Lipinski definition) is 7. The van der Waals surface area contributed by atoms with Crippen LogP contribution in [0.25, 0.3) is 0 Å². The standard InChI is InChI=1S/C20H30N4O3/c25-18-12-3-1-10(21-12)9-11-2-4-13(22-11)19(26)15-6-8-17(24-15)20(27)16-7-5-14(18)23-16/h1-5,7,10-27H,6,8-9H2. The summed E-state index contributed by atoms with van der Waals surface area (Å²) in [5.41, 5.74) is 0. The molecule has 0 spiro atoms. The fourth-order valence-corrected chi connectivity index (χ4v) is 5.28. The van der Waals surface area contributed by atoms with Gasteiger partial charge in [0.25, 0.3) is 0 Å². The summed E-state index contributed by atoms with van der Waals surface area (Å²) in [7, 11) is 0. The molecule has 27 heavy (non-hydrogen) atoms. The summed E-state index contributed by atoms with van der Waals surface area (Å²) in [4.78, 5) is 0. The van der Waals surface area contributed by atoms with Crippen LogP contribution in [0.4, 0.5) is 0 Å². The van der Waals surface area contributed by atoms with Gasteiger partial charge in [0.1, 0.15) is 0 Å². The Kier molecular flexibility index (Phi) is 4.72. The van der Waals surface area contributed by atoms with Crippen LogP contribution in [0.5, 0.6) is 0 Å². The molecule has 11 atom stereocenters. The van der Waals surface area contributed by atoms with Crippen molar-refractivity contribution in [2.24, 2.45) is 0 Å². The van der Waals surface area contributed by atoms with Crippen LogP contribution in [-0.2, 0) is 0 Å². The number of aliphatic hydroxyl groups is 3. The molecule has 0 aromatic carbocycles. The zero-order chi connectivity index (χ0) is 18.5. The van der Waals surface area contributed by atoms with E-state index in [2.05, 4.69) is 39.5 Å². The molecule has 0 aliphatic carbocycles. The third kappa shape index (κ3) is 3.31. The number of hydrogen-bond acceptors (Lipinski definition) is 7. The summed E-state index contributed by atoms with van der Waals surface area (Å²) in [6, 6.07) is -0.261. The quantitative estimate of drug-likeness (QED) is 0.253. The van der Waals surface area contributed by atoms with Crippen LogP contribution < -0.4 is 21.3 Å². The first-order valence-electron chi connectivity index (χ1n) is 10.2. The molecule has 7 N–H and O–H groups in total. The lowest BCUT2D eigenvalue weighted by atomic mass is 10.0. The Morgan fingerprint density at radius 1 is 0.519 bits per heavy atom. The first-order chi connectivity index (χ1) is 13.1. The number of nitrogens with one attached hydrogen (secondary N) is 4. The van der Waals surface area contributed by atoms with Crippen LogP contribution >= 0.6 is 0 Å². The molecular formula is C20H30N4O3. The number of aliphatic hydroxyl groups excluding tert-OH is 3. The van der Waals surface area contributed by atoms with Gasteiger partial charge < -0.3 is 31.3 Å². The molecule has 5 heterocycles. The normalized spacial score (nSPS) is 54.1. The summed E-state index contributed by atoms with van der Waals surface area (Å²) in [5, 5.41) is 46.3. The lowest BCUT2D eigenvalue weighted by molar-refractivity contribution is 0.0745. The zero-order valence-electron chi connectivity index (χ0n) is 15.3. The summed E-state index contributed by atoms with van der Waals surface area (Å²) in [6.07, 6.45) is 13.2. The molecule has 8 bridgehead atoms. The maximum Gasteiger partial charge on any atom is 0.0917 e. The van der Waals surface area contributed by atoms with Crippen LogP contribution in [-0.4, -0.2) is 82.0 Å². The van der Waals surface area contributed by atoms with Gasteiger partial charge in [0.15, 0.2) is 0 Å². The Hall–Kier alpha value is -1.06. The van der Waals surface area contributed by atoms with Gasteiger partial charge in [-0.25, -0.2) is 0 Å². The second-order valence-electron chi connectivity index (χ2n) is 8.64. The maximum absolute atomic E-state index is 10.8. The van der Waals surface area contributed by atoms with E-state index in [4.69, 9.17) is 0 Å². The van der Waals surface area contributed by atoms with Crippen molar-refractivity contribution in [3.63, 3.8) is 0 Å². The van der Waals surface area contributed by atoms with Gasteiger partial charge in [0.2, 0.25) is 0 Å². The van der Waals surface area contributed by atoms with Gasteiger partial charge in [0, 0.05) is 24.2 Å². The van der Waals surface area contributed by atoms with Crippen LogP contribution in [0.15, 0.2) is 36.5 Å². The Labute approximate surface area is 159 Å².